The Balaban J connectivity index is 1.56. The summed E-state index contributed by atoms with van der Waals surface area (Å²) in [5.74, 6) is -0.815. The summed E-state index contributed by atoms with van der Waals surface area (Å²) in [4.78, 5) is 34.4. The van der Waals surface area contributed by atoms with Crippen LogP contribution in [0.2, 0.25) is 0 Å². The summed E-state index contributed by atoms with van der Waals surface area (Å²) in [5.41, 5.74) is 2.76. The van der Waals surface area contributed by atoms with Crippen LogP contribution in [-0.4, -0.2) is 40.5 Å². The SMILES string of the molecule is CC1=NOCC1c1ccc2c(=O)n(Cc3cccc(C(=O)NCC(F)(F)F)c3)cnc2c1. The number of carbonyl (C=O) groups is 1. The molecule has 1 aliphatic rings. The molecule has 1 unspecified atom stereocenters. The number of alkyl halides is 3. The molecule has 0 bridgehead atoms. The molecule has 166 valence electrons. The van der Waals surface area contributed by atoms with Gasteiger partial charge in [-0.2, -0.15) is 13.2 Å². The average Bonchev–Trinajstić information content (AvgIpc) is 3.19. The van der Waals surface area contributed by atoms with Gasteiger partial charge >= 0.3 is 6.18 Å². The topological polar surface area (TPSA) is 85.6 Å². The Labute approximate surface area is 180 Å². The van der Waals surface area contributed by atoms with Gasteiger partial charge in [-0.1, -0.05) is 23.4 Å². The summed E-state index contributed by atoms with van der Waals surface area (Å²) in [6.45, 7) is 1.03. The second-order valence-electron chi connectivity index (χ2n) is 7.53. The predicted octanol–water partition coefficient (Wildman–Crippen LogP) is 3.23. The van der Waals surface area contributed by atoms with Gasteiger partial charge in [0.15, 0.2) is 0 Å². The molecule has 1 aliphatic heterocycles. The van der Waals surface area contributed by atoms with Gasteiger partial charge in [0.2, 0.25) is 0 Å². The fourth-order valence-corrected chi connectivity index (χ4v) is 3.53. The number of nitrogens with zero attached hydrogens (tertiary/aromatic N) is 3. The van der Waals surface area contributed by atoms with E-state index in [-0.39, 0.29) is 23.6 Å². The van der Waals surface area contributed by atoms with Crippen molar-refractivity contribution in [1.82, 2.24) is 14.9 Å². The van der Waals surface area contributed by atoms with E-state index in [2.05, 4.69) is 10.1 Å². The Morgan fingerprint density at radius 3 is 2.78 bits per heavy atom. The Hall–Kier alpha value is -3.69. The lowest BCUT2D eigenvalue weighted by atomic mass is 9.95. The molecule has 0 aliphatic carbocycles. The van der Waals surface area contributed by atoms with Crippen molar-refractivity contribution < 1.29 is 22.8 Å². The summed E-state index contributed by atoms with van der Waals surface area (Å²) in [5, 5.41) is 6.21. The zero-order valence-electron chi connectivity index (χ0n) is 17.0. The zero-order chi connectivity index (χ0) is 22.9. The maximum absolute atomic E-state index is 12.9. The van der Waals surface area contributed by atoms with E-state index in [0.29, 0.717) is 23.1 Å². The lowest BCUT2D eigenvalue weighted by molar-refractivity contribution is -0.123. The molecule has 1 amide bonds. The number of hydrogen-bond donors (Lipinski definition) is 1. The molecule has 0 spiro atoms. The second kappa shape index (κ2) is 8.45. The van der Waals surface area contributed by atoms with Crippen LogP contribution in [0.1, 0.15) is 34.3 Å². The molecule has 1 N–H and O–H groups in total. The van der Waals surface area contributed by atoms with Gasteiger partial charge < -0.3 is 10.2 Å². The number of rotatable bonds is 5. The van der Waals surface area contributed by atoms with Gasteiger partial charge in [0.25, 0.3) is 11.5 Å². The fraction of sp³-hybridized carbons (Fsp3) is 0.273. The normalized spacial score (nSPS) is 16.0. The number of benzene rings is 2. The van der Waals surface area contributed by atoms with Crippen molar-refractivity contribution in [1.29, 1.82) is 0 Å². The van der Waals surface area contributed by atoms with Crippen molar-refractivity contribution >= 4 is 22.5 Å². The molecule has 1 aromatic heterocycles. The molecule has 2 heterocycles. The minimum absolute atomic E-state index is 0.0230. The van der Waals surface area contributed by atoms with E-state index in [0.717, 1.165) is 11.3 Å². The highest BCUT2D eigenvalue weighted by Crippen LogP contribution is 2.25. The highest BCUT2D eigenvalue weighted by atomic mass is 19.4. The third kappa shape index (κ3) is 4.63. The molecule has 0 saturated heterocycles. The van der Waals surface area contributed by atoms with Crippen molar-refractivity contribution in [3.05, 3.63) is 75.8 Å². The summed E-state index contributed by atoms with van der Waals surface area (Å²) in [7, 11) is 0. The highest BCUT2D eigenvalue weighted by Gasteiger charge is 2.28. The minimum atomic E-state index is -4.49. The van der Waals surface area contributed by atoms with Gasteiger partial charge in [-0.05, 0) is 42.3 Å². The van der Waals surface area contributed by atoms with E-state index in [1.807, 2.05) is 24.4 Å². The second-order valence-corrected chi connectivity index (χ2v) is 7.53. The first-order valence-corrected chi connectivity index (χ1v) is 9.81. The molecule has 0 fully saturated rings. The fourth-order valence-electron chi connectivity index (χ4n) is 3.53. The van der Waals surface area contributed by atoms with Gasteiger partial charge in [-0.3, -0.25) is 14.2 Å². The van der Waals surface area contributed by atoms with Crippen LogP contribution in [-0.2, 0) is 11.4 Å². The van der Waals surface area contributed by atoms with Crippen molar-refractivity contribution in [2.24, 2.45) is 5.16 Å². The van der Waals surface area contributed by atoms with Crippen LogP contribution in [0.4, 0.5) is 13.2 Å². The first-order chi connectivity index (χ1) is 15.2. The quantitative estimate of drug-likeness (QED) is 0.655. The number of oxime groups is 1. The molecular formula is C22H19F3N4O3. The number of fused-ring (bicyclic) bond motifs is 1. The molecule has 4 rings (SSSR count). The highest BCUT2D eigenvalue weighted by molar-refractivity contribution is 5.94. The smallest absolute Gasteiger partial charge is 0.395 e. The van der Waals surface area contributed by atoms with Gasteiger partial charge in [0.1, 0.15) is 13.2 Å². The Morgan fingerprint density at radius 2 is 2.06 bits per heavy atom. The van der Waals surface area contributed by atoms with Gasteiger partial charge in [-0.25, -0.2) is 4.98 Å². The van der Waals surface area contributed by atoms with Gasteiger partial charge in [0, 0.05) is 5.56 Å². The average molecular weight is 444 g/mol. The van der Waals surface area contributed by atoms with E-state index >= 15 is 0 Å². The molecule has 32 heavy (non-hydrogen) atoms. The number of nitrogens with one attached hydrogen (secondary N) is 1. The molecular weight excluding hydrogens is 425 g/mol. The Bertz CT molecular complexity index is 1270. The lowest BCUT2D eigenvalue weighted by Crippen LogP contribution is -2.33. The van der Waals surface area contributed by atoms with Gasteiger partial charge in [0.05, 0.1) is 35.4 Å². The lowest BCUT2D eigenvalue weighted by Gasteiger charge is -2.12. The maximum atomic E-state index is 12.9. The number of aromatic nitrogens is 2. The van der Waals surface area contributed by atoms with Crippen LogP contribution < -0.4 is 10.9 Å². The van der Waals surface area contributed by atoms with Crippen LogP contribution in [0, 0.1) is 0 Å². The summed E-state index contributed by atoms with van der Waals surface area (Å²) >= 11 is 0. The molecule has 0 saturated carbocycles. The number of hydrogen-bond acceptors (Lipinski definition) is 5. The molecule has 10 heteroatoms. The van der Waals surface area contributed by atoms with Crippen molar-refractivity contribution in [2.45, 2.75) is 25.6 Å². The predicted molar refractivity (Wildman–Crippen MR) is 112 cm³/mol. The van der Waals surface area contributed by atoms with Crippen molar-refractivity contribution in [3.8, 4) is 0 Å². The standard InChI is InChI=1S/C22H19F3N4O3/c1-13-18(10-32-28-13)15-5-6-17-19(8-15)27-12-29(21(17)31)9-14-3-2-4-16(7-14)20(30)26-11-22(23,24)25/h2-8,12,18H,9-11H2,1H3,(H,26,30). The van der Waals surface area contributed by atoms with Crippen LogP contribution in [0.15, 0.2) is 58.7 Å². The third-order valence-electron chi connectivity index (χ3n) is 5.20. The summed E-state index contributed by atoms with van der Waals surface area (Å²) < 4.78 is 38.4. The van der Waals surface area contributed by atoms with E-state index in [1.54, 1.807) is 18.2 Å². The first kappa shape index (κ1) is 21.5. The Morgan fingerprint density at radius 1 is 1.25 bits per heavy atom. The largest absolute Gasteiger partial charge is 0.405 e. The van der Waals surface area contributed by atoms with Crippen LogP contribution in [0.5, 0.6) is 0 Å². The van der Waals surface area contributed by atoms with Crippen molar-refractivity contribution in [2.75, 3.05) is 13.2 Å². The summed E-state index contributed by atoms with van der Waals surface area (Å²) in [6.07, 6.45) is -3.08. The Kier molecular flexibility index (Phi) is 5.68. The zero-order valence-corrected chi connectivity index (χ0v) is 17.0. The van der Waals surface area contributed by atoms with Crippen LogP contribution in [0.3, 0.4) is 0 Å². The first-order valence-electron chi connectivity index (χ1n) is 9.81. The van der Waals surface area contributed by atoms with E-state index in [9.17, 15) is 22.8 Å². The van der Waals surface area contributed by atoms with Crippen LogP contribution >= 0.6 is 0 Å². The van der Waals surface area contributed by atoms with Crippen molar-refractivity contribution in [3.63, 3.8) is 0 Å². The monoisotopic (exact) mass is 444 g/mol. The molecule has 3 aromatic rings. The van der Waals surface area contributed by atoms with E-state index in [4.69, 9.17) is 4.84 Å². The number of carbonyl (C=O) groups excluding carboxylic acids is 1. The minimum Gasteiger partial charge on any atom is -0.395 e. The van der Waals surface area contributed by atoms with Crippen LogP contribution in [0.25, 0.3) is 10.9 Å². The van der Waals surface area contributed by atoms with E-state index in [1.165, 1.54) is 23.0 Å². The number of halogens is 3. The van der Waals surface area contributed by atoms with Gasteiger partial charge in [-0.15, -0.1) is 0 Å². The maximum Gasteiger partial charge on any atom is 0.405 e. The molecule has 1 atom stereocenters. The summed E-state index contributed by atoms with van der Waals surface area (Å²) in [6, 6.07) is 11.5. The third-order valence-corrected chi connectivity index (χ3v) is 5.20. The molecule has 7 nitrogen and oxygen atoms in total. The van der Waals surface area contributed by atoms with E-state index < -0.39 is 18.6 Å². The molecule has 0 radical (unpaired) electrons. The molecule has 2 aromatic carbocycles. The number of amides is 1.